The number of hydrogen-bond acceptors (Lipinski definition) is 4. The molecule has 0 radical (unpaired) electrons. The van der Waals surface area contributed by atoms with Gasteiger partial charge in [0.05, 0.1) is 5.56 Å². The maximum atomic E-state index is 9.27. The number of aromatic nitrogens is 1. The fraction of sp³-hybridized carbons (Fsp3) is 0.571. The lowest BCUT2D eigenvalue weighted by atomic mass is 10.1. The van der Waals surface area contributed by atoms with Crippen LogP contribution < -0.4 is 4.90 Å². The van der Waals surface area contributed by atoms with Crippen LogP contribution >= 0.6 is 0 Å². The molecule has 96 valence electrons. The molecule has 0 amide bonds. The second kappa shape index (κ2) is 5.83. The maximum Gasteiger partial charge on any atom is 0.146 e. The van der Waals surface area contributed by atoms with Crippen molar-refractivity contribution in [2.75, 3.05) is 18.1 Å². The largest absolute Gasteiger partial charge is 0.396 e. The Bertz CT molecular complexity index is 453. The van der Waals surface area contributed by atoms with E-state index in [1.54, 1.807) is 6.20 Å². The standard InChI is InChI=1S/C14H19N3O/c1-11-6-7-16-14(13(11)10-15)17-8-2-4-12(17)5-3-9-18/h6-7,12,18H,2-5,8-9H2,1H3. The average molecular weight is 245 g/mol. The van der Waals surface area contributed by atoms with Gasteiger partial charge in [0, 0.05) is 25.4 Å². The van der Waals surface area contributed by atoms with E-state index in [1.807, 2.05) is 13.0 Å². The van der Waals surface area contributed by atoms with Crippen molar-refractivity contribution in [1.29, 1.82) is 5.26 Å². The summed E-state index contributed by atoms with van der Waals surface area (Å²) in [6, 6.07) is 4.56. The number of aliphatic hydroxyl groups excluding tert-OH is 1. The fourth-order valence-electron chi connectivity index (χ4n) is 2.64. The molecule has 0 saturated carbocycles. The summed E-state index contributed by atoms with van der Waals surface area (Å²) in [4.78, 5) is 6.63. The summed E-state index contributed by atoms with van der Waals surface area (Å²) in [5, 5.41) is 18.2. The van der Waals surface area contributed by atoms with E-state index < -0.39 is 0 Å². The van der Waals surface area contributed by atoms with Gasteiger partial charge >= 0.3 is 0 Å². The summed E-state index contributed by atoms with van der Waals surface area (Å²) in [6.45, 7) is 3.14. The maximum absolute atomic E-state index is 9.27. The lowest BCUT2D eigenvalue weighted by Crippen LogP contribution is -2.31. The lowest BCUT2D eigenvalue weighted by Gasteiger charge is -2.26. The summed E-state index contributed by atoms with van der Waals surface area (Å²) < 4.78 is 0. The van der Waals surface area contributed by atoms with Crippen LogP contribution in [0.4, 0.5) is 5.82 Å². The summed E-state index contributed by atoms with van der Waals surface area (Å²) in [7, 11) is 0. The first kappa shape index (κ1) is 12.8. The molecule has 0 spiro atoms. The molecule has 18 heavy (non-hydrogen) atoms. The minimum atomic E-state index is 0.233. The first-order valence-corrected chi connectivity index (χ1v) is 6.51. The molecule has 4 nitrogen and oxygen atoms in total. The summed E-state index contributed by atoms with van der Waals surface area (Å²) in [5.74, 6) is 0.818. The molecule has 0 bridgehead atoms. The van der Waals surface area contributed by atoms with E-state index in [0.29, 0.717) is 11.6 Å². The van der Waals surface area contributed by atoms with Crippen LogP contribution in [0.25, 0.3) is 0 Å². The summed E-state index contributed by atoms with van der Waals surface area (Å²) >= 11 is 0. The van der Waals surface area contributed by atoms with Crippen molar-refractivity contribution >= 4 is 5.82 Å². The van der Waals surface area contributed by atoms with Crippen LogP contribution in [0.1, 0.15) is 36.8 Å². The topological polar surface area (TPSA) is 60.1 Å². The minimum absolute atomic E-state index is 0.233. The SMILES string of the molecule is Cc1ccnc(N2CCCC2CCCO)c1C#N. The zero-order valence-corrected chi connectivity index (χ0v) is 10.8. The predicted molar refractivity (Wildman–Crippen MR) is 70.4 cm³/mol. The van der Waals surface area contributed by atoms with Crippen LogP contribution in [-0.2, 0) is 0 Å². The van der Waals surface area contributed by atoms with Gasteiger partial charge in [-0.2, -0.15) is 5.26 Å². The van der Waals surface area contributed by atoms with Crippen LogP contribution in [-0.4, -0.2) is 29.3 Å². The Morgan fingerprint density at radius 1 is 1.61 bits per heavy atom. The number of anilines is 1. The van der Waals surface area contributed by atoms with Gasteiger partial charge in [0.1, 0.15) is 11.9 Å². The molecule has 1 aliphatic heterocycles. The van der Waals surface area contributed by atoms with Crippen LogP contribution in [0.15, 0.2) is 12.3 Å². The highest BCUT2D eigenvalue weighted by atomic mass is 16.2. The van der Waals surface area contributed by atoms with Gasteiger partial charge in [0.15, 0.2) is 0 Å². The molecule has 1 unspecified atom stereocenters. The Labute approximate surface area is 108 Å². The van der Waals surface area contributed by atoms with Crippen molar-refractivity contribution in [1.82, 2.24) is 4.98 Å². The van der Waals surface area contributed by atoms with E-state index in [0.717, 1.165) is 43.6 Å². The number of nitriles is 1. The van der Waals surface area contributed by atoms with E-state index in [2.05, 4.69) is 16.0 Å². The Balaban J connectivity index is 2.25. The lowest BCUT2D eigenvalue weighted by molar-refractivity contribution is 0.279. The Kier molecular flexibility index (Phi) is 4.16. The molecule has 0 aromatic carbocycles. The van der Waals surface area contributed by atoms with E-state index in [-0.39, 0.29) is 6.61 Å². The number of hydrogen-bond donors (Lipinski definition) is 1. The highest BCUT2D eigenvalue weighted by molar-refractivity contribution is 5.58. The van der Waals surface area contributed by atoms with E-state index >= 15 is 0 Å². The molecule has 1 aromatic heterocycles. The highest BCUT2D eigenvalue weighted by Gasteiger charge is 2.27. The van der Waals surface area contributed by atoms with Crippen molar-refractivity contribution in [3.63, 3.8) is 0 Å². The average Bonchev–Trinajstić information content (AvgIpc) is 2.84. The third-order valence-corrected chi connectivity index (χ3v) is 3.60. The van der Waals surface area contributed by atoms with Crippen LogP contribution in [0.2, 0.25) is 0 Å². The molecular formula is C14H19N3O. The number of aryl methyl sites for hydroxylation is 1. The zero-order chi connectivity index (χ0) is 13.0. The minimum Gasteiger partial charge on any atom is -0.396 e. The first-order valence-electron chi connectivity index (χ1n) is 6.51. The molecule has 0 aliphatic carbocycles. The summed E-state index contributed by atoms with van der Waals surface area (Å²) in [5.41, 5.74) is 1.67. The van der Waals surface area contributed by atoms with Crippen molar-refractivity contribution in [2.45, 2.75) is 38.6 Å². The van der Waals surface area contributed by atoms with Crippen LogP contribution in [0.3, 0.4) is 0 Å². The second-order valence-electron chi connectivity index (χ2n) is 4.79. The highest BCUT2D eigenvalue weighted by Crippen LogP contribution is 2.29. The van der Waals surface area contributed by atoms with E-state index in [1.165, 1.54) is 0 Å². The predicted octanol–water partition coefficient (Wildman–Crippen LogP) is 2.00. The van der Waals surface area contributed by atoms with Crippen LogP contribution in [0, 0.1) is 18.3 Å². The monoisotopic (exact) mass is 245 g/mol. The molecular weight excluding hydrogens is 226 g/mol. The van der Waals surface area contributed by atoms with Gasteiger partial charge in [-0.1, -0.05) is 0 Å². The third kappa shape index (κ3) is 2.46. The fourth-order valence-corrected chi connectivity index (χ4v) is 2.64. The zero-order valence-electron chi connectivity index (χ0n) is 10.8. The van der Waals surface area contributed by atoms with Gasteiger partial charge in [-0.15, -0.1) is 0 Å². The smallest absolute Gasteiger partial charge is 0.146 e. The van der Waals surface area contributed by atoms with Crippen molar-refractivity contribution in [3.05, 3.63) is 23.4 Å². The van der Waals surface area contributed by atoms with Gasteiger partial charge in [0.2, 0.25) is 0 Å². The normalized spacial score (nSPS) is 18.9. The molecule has 2 heterocycles. The van der Waals surface area contributed by atoms with Crippen molar-refractivity contribution in [2.24, 2.45) is 0 Å². The molecule has 1 aromatic rings. The summed E-state index contributed by atoms with van der Waals surface area (Å²) in [6.07, 6.45) is 5.82. The third-order valence-electron chi connectivity index (χ3n) is 3.60. The number of aliphatic hydroxyl groups is 1. The molecule has 1 saturated heterocycles. The quantitative estimate of drug-likeness (QED) is 0.881. The molecule has 1 N–H and O–H groups in total. The Morgan fingerprint density at radius 2 is 2.44 bits per heavy atom. The van der Waals surface area contributed by atoms with Gasteiger partial charge < -0.3 is 10.0 Å². The Hall–Kier alpha value is -1.60. The molecule has 1 fully saturated rings. The van der Waals surface area contributed by atoms with Gasteiger partial charge in [0.25, 0.3) is 0 Å². The van der Waals surface area contributed by atoms with Gasteiger partial charge in [-0.25, -0.2) is 4.98 Å². The van der Waals surface area contributed by atoms with Crippen molar-refractivity contribution in [3.8, 4) is 6.07 Å². The molecule has 4 heteroatoms. The van der Waals surface area contributed by atoms with Gasteiger partial charge in [-0.05, 0) is 44.2 Å². The number of pyridine rings is 1. The van der Waals surface area contributed by atoms with Crippen LogP contribution in [0.5, 0.6) is 0 Å². The second-order valence-corrected chi connectivity index (χ2v) is 4.79. The molecule has 2 rings (SSSR count). The first-order chi connectivity index (χ1) is 8.77. The number of rotatable bonds is 4. The van der Waals surface area contributed by atoms with E-state index in [9.17, 15) is 5.26 Å². The number of nitrogens with zero attached hydrogens (tertiary/aromatic N) is 3. The molecule has 1 aliphatic rings. The van der Waals surface area contributed by atoms with E-state index in [4.69, 9.17) is 5.11 Å². The van der Waals surface area contributed by atoms with Gasteiger partial charge in [-0.3, -0.25) is 0 Å². The van der Waals surface area contributed by atoms with Crippen molar-refractivity contribution < 1.29 is 5.11 Å². The Morgan fingerprint density at radius 3 is 3.17 bits per heavy atom. The molecule has 1 atom stereocenters.